The number of aliphatic hydroxyl groups is 5. The fourth-order valence-corrected chi connectivity index (χ4v) is 7.17. The normalized spacial score (nSPS) is 21.4. The van der Waals surface area contributed by atoms with Crippen molar-refractivity contribution in [3.63, 3.8) is 0 Å². The van der Waals surface area contributed by atoms with E-state index in [0.717, 1.165) is 38.5 Å². The predicted molar refractivity (Wildman–Crippen MR) is 230 cm³/mol. The highest BCUT2D eigenvalue weighted by Gasteiger charge is 2.44. The van der Waals surface area contributed by atoms with E-state index in [2.05, 4.69) is 43.5 Å². The van der Waals surface area contributed by atoms with Crippen molar-refractivity contribution in [3.05, 3.63) is 36.5 Å². The van der Waals surface area contributed by atoms with Crippen molar-refractivity contribution < 1.29 is 39.8 Å². The second kappa shape index (κ2) is 37.7. The number of rotatable bonds is 38. The van der Waals surface area contributed by atoms with Gasteiger partial charge >= 0.3 is 0 Å². The van der Waals surface area contributed by atoms with Gasteiger partial charge in [-0.15, -0.1) is 0 Å². The van der Waals surface area contributed by atoms with Crippen molar-refractivity contribution in [2.75, 3.05) is 13.2 Å². The topological polar surface area (TPSA) is 149 Å². The third-order valence-electron chi connectivity index (χ3n) is 10.9. The quantitative estimate of drug-likeness (QED) is 0.0268. The Balaban J connectivity index is 2.24. The molecule has 328 valence electrons. The van der Waals surface area contributed by atoms with Crippen LogP contribution in [0.5, 0.6) is 0 Å². The first-order chi connectivity index (χ1) is 27.3. The van der Waals surface area contributed by atoms with Gasteiger partial charge < -0.3 is 40.3 Å². The average molecular weight is 794 g/mol. The van der Waals surface area contributed by atoms with Crippen LogP contribution in [0.4, 0.5) is 0 Å². The molecule has 0 aromatic carbocycles. The van der Waals surface area contributed by atoms with Crippen molar-refractivity contribution in [1.29, 1.82) is 0 Å². The summed E-state index contributed by atoms with van der Waals surface area (Å²) in [4.78, 5) is 12.9. The van der Waals surface area contributed by atoms with E-state index in [-0.39, 0.29) is 12.5 Å². The van der Waals surface area contributed by atoms with Crippen LogP contribution in [0.15, 0.2) is 36.5 Å². The van der Waals surface area contributed by atoms with Gasteiger partial charge in [0.05, 0.1) is 25.4 Å². The zero-order valence-corrected chi connectivity index (χ0v) is 35.9. The number of hydrogen-bond donors (Lipinski definition) is 6. The van der Waals surface area contributed by atoms with Crippen LogP contribution in [0.2, 0.25) is 0 Å². The largest absolute Gasteiger partial charge is 0.394 e. The Kier molecular flexibility index (Phi) is 35.3. The maximum absolute atomic E-state index is 12.9. The predicted octanol–water partition coefficient (Wildman–Crippen LogP) is 9.67. The summed E-state index contributed by atoms with van der Waals surface area (Å²) in [6, 6.07) is -0.820. The zero-order chi connectivity index (χ0) is 40.9. The van der Waals surface area contributed by atoms with Gasteiger partial charge in [0.2, 0.25) is 5.91 Å². The second-order valence-electron chi connectivity index (χ2n) is 16.2. The Labute approximate surface area is 342 Å². The molecule has 9 nitrogen and oxygen atoms in total. The van der Waals surface area contributed by atoms with Gasteiger partial charge in [0.15, 0.2) is 6.29 Å². The number of allylic oxidation sites excluding steroid dienone is 5. The van der Waals surface area contributed by atoms with Gasteiger partial charge in [-0.2, -0.15) is 0 Å². The van der Waals surface area contributed by atoms with Crippen LogP contribution in [0.3, 0.4) is 0 Å². The molecule has 9 heteroatoms. The highest BCUT2D eigenvalue weighted by Crippen LogP contribution is 2.22. The van der Waals surface area contributed by atoms with Crippen LogP contribution in [0.1, 0.15) is 200 Å². The van der Waals surface area contributed by atoms with Gasteiger partial charge in [-0.3, -0.25) is 4.79 Å². The lowest BCUT2D eigenvalue weighted by molar-refractivity contribution is -0.302. The Morgan fingerprint density at radius 3 is 1.54 bits per heavy atom. The van der Waals surface area contributed by atoms with Gasteiger partial charge in [0.25, 0.3) is 0 Å². The Bertz CT molecular complexity index is 972. The fraction of sp³-hybridized carbons (Fsp3) is 0.851. The van der Waals surface area contributed by atoms with E-state index in [9.17, 15) is 30.3 Å². The molecule has 1 rings (SSSR count). The lowest BCUT2D eigenvalue weighted by atomic mass is 9.99. The molecule has 0 saturated carbocycles. The molecule has 7 atom stereocenters. The number of nitrogens with one attached hydrogen (secondary N) is 1. The van der Waals surface area contributed by atoms with Crippen molar-refractivity contribution in [2.45, 2.75) is 243 Å². The zero-order valence-electron chi connectivity index (χ0n) is 35.9. The van der Waals surface area contributed by atoms with Crippen LogP contribution < -0.4 is 5.32 Å². The lowest BCUT2D eigenvalue weighted by Crippen LogP contribution is -2.60. The molecule has 1 heterocycles. The molecule has 1 fully saturated rings. The second-order valence-corrected chi connectivity index (χ2v) is 16.2. The molecule has 6 N–H and O–H groups in total. The van der Waals surface area contributed by atoms with Crippen LogP contribution in [-0.4, -0.2) is 87.5 Å². The maximum Gasteiger partial charge on any atom is 0.220 e. The average Bonchev–Trinajstić information content (AvgIpc) is 3.20. The third-order valence-corrected chi connectivity index (χ3v) is 10.9. The minimum Gasteiger partial charge on any atom is -0.394 e. The molecule has 7 unspecified atom stereocenters. The number of aliphatic hydroxyl groups excluding tert-OH is 5. The van der Waals surface area contributed by atoms with Gasteiger partial charge in [0, 0.05) is 6.42 Å². The molecular formula is C47H87NO8. The van der Waals surface area contributed by atoms with Gasteiger partial charge in [-0.1, -0.05) is 172 Å². The van der Waals surface area contributed by atoms with Crippen LogP contribution in [-0.2, 0) is 14.3 Å². The summed E-state index contributed by atoms with van der Waals surface area (Å²) in [5, 5.41) is 54.0. The van der Waals surface area contributed by atoms with Crippen molar-refractivity contribution in [1.82, 2.24) is 5.32 Å². The van der Waals surface area contributed by atoms with Gasteiger partial charge in [-0.25, -0.2) is 0 Å². The molecule has 1 aliphatic rings. The monoisotopic (exact) mass is 794 g/mol. The Morgan fingerprint density at radius 1 is 0.589 bits per heavy atom. The number of carbonyl (C=O) groups excluding carboxylic acids is 1. The highest BCUT2D eigenvalue weighted by molar-refractivity contribution is 5.76. The number of amides is 1. The summed E-state index contributed by atoms with van der Waals surface area (Å²) >= 11 is 0. The van der Waals surface area contributed by atoms with Crippen LogP contribution in [0, 0.1) is 0 Å². The smallest absolute Gasteiger partial charge is 0.220 e. The van der Waals surface area contributed by atoms with Gasteiger partial charge in [0.1, 0.15) is 24.4 Å². The van der Waals surface area contributed by atoms with Crippen molar-refractivity contribution >= 4 is 5.91 Å². The summed E-state index contributed by atoms with van der Waals surface area (Å²) in [6.45, 7) is 3.70. The Hall–Kier alpha value is -1.59. The van der Waals surface area contributed by atoms with E-state index in [4.69, 9.17) is 9.47 Å². The number of hydrogen-bond acceptors (Lipinski definition) is 8. The summed E-state index contributed by atoms with van der Waals surface area (Å²) in [7, 11) is 0. The highest BCUT2D eigenvalue weighted by atomic mass is 16.7. The van der Waals surface area contributed by atoms with Crippen LogP contribution in [0.25, 0.3) is 0 Å². The molecule has 0 aromatic rings. The van der Waals surface area contributed by atoms with E-state index < -0.39 is 49.5 Å². The van der Waals surface area contributed by atoms with E-state index in [0.29, 0.717) is 6.42 Å². The van der Waals surface area contributed by atoms with Gasteiger partial charge in [-0.05, 0) is 57.8 Å². The third kappa shape index (κ3) is 27.9. The molecule has 1 saturated heterocycles. The van der Waals surface area contributed by atoms with E-state index in [1.807, 2.05) is 6.08 Å². The van der Waals surface area contributed by atoms with Crippen molar-refractivity contribution in [3.8, 4) is 0 Å². The van der Waals surface area contributed by atoms with Crippen molar-refractivity contribution in [2.24, 2.45) is 0 Å². The molecule has 0 radical (unpaired) electrons. The maximum atomic E-state index is 12.9. The number of carbonyl (C=O) groups is 1. The molecule has 1 amide bonds. The first kappa shape index (κ1) is 52.4. The first-order valence-electron chi connectivity index (χ1n) is 23.2. The molecule has 56 heavy (non-hydrogen) atoms. The summed E-state index contributed by atoms with van der Waals surface area (Å²) in [5.74, 6) is -0.193. The summed E-state index contributed by atoms with van der Waals surface area (Å²) in [6.07, 6.45) is 39.3. The first-order valence-corrected chi connectivity index (χ1v) is 23.2. The molecule has 0 aliphatic carbocycles. The number of ether oxygens (including phenoxy) is 2. The lowest BCUT2D eigenvalue weighted by Gasteiger charge is -2.40. The standard InChI is InChI=1S/C47H87NO8/c1-3-5-7-9-11-13-14-15-16-17-18-19-20-21-22-23-24-25-26-27-29-31-33-35-37-43(51)48-40(41(50)36-34-32-30-28-12-10-8-6-4-2)39-55-47-46(54)45(53)44(52)42(38-49)56-47/h12,21-22,28,34,36,40-42,44-47,49-50,52-54H,3-11,13-20,23-27,29-33,35,37-39H2,1-2H3,(H,48,51)/b22-21-,28-12+,36-34+. The fourth-order valence-electron chi connectivity index (χ4n) is 7.17. The Morgan fingerprint density at radius 2 is 1.02 bits per heavy atom. The van der Waals surface area contributed by atoms with Crippen LogP contribution >= 0.6 is 0 Å². The molecule has 1 aliphatic heterocycles. The molecule has 0 aromatic heterocycles. The minimum absolute atomic E-state index is 0.193. The minimum atomic E-state index is -1.57. The molecule has 0 spiro atoms. The summed E-state index contributed by atoms with van der Waals surface area (Å²) < 4.78 is 11.2. The summed E-state index contributed by atoms with van der Waals surface area (Å²) in [5.41, 5.74) is 0. The van der Waals surface area contributed by atoms with E-state index >= 15 is 0 Å². The SMILES string of the molecule is CCCCC/C=C/CC/C=C/C(O)C(COC1OC(CO)C(O)C(O)C1O)NC(=O)CCCCCCCCCC/C=C\CCCCCCCCCCCCCC. The number of unbranched alkanes of at least 4 members (excludes halogenated alkanes) is 24. The van der Waals surface area contributed by atoms with E-state index in [1.54, 1.807) is 6.08 Å². The molecule has 0 bridgehead atoms. The van der Waals surface area contributed by atoms with E-state index in [1.165, 1.54) is 141 Å². The molecular weight excluding hydrogens is 707 g/mol.